The minimum atomic E-state index is -3.84. The number of likely N-dealkylation sites (tertiary alicyclic amines) is 1. The molecular formula is C26H32Cl2N4O4S. The maximum atomic E-state index is 13.5. The number of aliphatic hydroxyl groups is 1. The van der Waals surface area contributed by atoms with Gasteiger partial charge in [-0.1, -0.05) is 29.3 Å². The van der Waals surface area contributed by atoms with Crippen LogP contribution in [0.5, 0.6) is 0 Å². The third-order valence-corrected chi connectivity index (χ3v) is 9.43. The molecule has 2 fully saturated rings. The summed E-state index contributed by atoms with van der Waals surface area (Å²) in [5.41, 5.74) is 1.90. The number of β-amino-alcohol motifs (C(OH)–C–C–N with tert-alkyl or cyclic N) is 1. The second-order valence-corrected chi connectivity index (χ2v) is 13.0. The van der Waals surface area contributed by atoms with Crippen LogP contribution in [0.15, 0.2) is 41.2 Å². The lowest BCUT2D eigenvalue weighted by Gasteiger charge is -2.47. The first-order valence-corrected chi connectivity index (χ1v) is 15.2. The number of fused-ring (bicyclic) bond motifs is 1. The van der Waals surface area contributed by atoms with Gasteiger partial charge in [-0.15, -0.1) is 0 Å². The first-order valence-electron chi connectivity index (χ1n) is 12.6. The Kier molecular flexibility index (Phi) is 7.37. The number of hydrogen-bond donors (Lipinski definition) is 1. The highest BCUT2D eigenvalue weighted by Crippen LogP contribution is 2.36. The average molecular weight is 568 g/mol. The van der Waals surface area contributed by atoms with Crippen molar-refractivity contribution in [2.24, 2.45) is 11.8 Å². The van der Waals surface area contributed by atoms with Gasteiger partial charge in [0.2, 0.25) is 10.0 Å². The van der Waals surface area contributed by atoms with Gasteiger partial charge < -0.3 is 14.9 Å². The lowest BCUT2D eigenvalue weighted by molar-refractivity contribution is 0.102. The van der Waals surface area contributed by atoms with E-state index >= 15 is 0 Å². The number of anilines is 1. The molecule has 0 aliphatic carbocycles. The van der Waals surface area contributed by atoms with E-state index in [-0.39, 0.29) is 6.61 Å². The Hall–Kier alpha value is -2.04. The fourth-order valence-corrected chi connectivity index (χ4v) is 7.34. The lowest BCUT2D eigenvalue weighted by atomic mass is 9.80. The molecule has 37 heavy (non-hydrogen) atoms. The maximum absolute atomic E-state index is 13.5. The highest BCUT2D eigenvalue weighted by Gasteiger charge is 2.36. The van der Waals surface area contributed by atoms with Crippen molar-refractivity contribution in [2.75, 3.05) is 50.5 Å². The van der Waals surface area contributed by atoms with Crippen molar-refractivity contribution in [1.29, 1.82) is 0 Å². The van der Waals surface area contributed by atoms with Crippen LogP contribution in [0.1, 0.15) is 31.4 Å². The zero-order chi connectivity index (χ0) is 26.5. The summed E-state index contributed by atoms with van der Waals surface area (Å²) in [6.07, 6.45) is 3.40. The highest BCUT2D eigenvalue weighted by atomic mass is 35.5. The first kappa shape index (κ1) is 26.6. The molecule has 0 radical (unpaired) electrons. The van der Waals surface area contributed by atoms with Crippen molar-refractivity contribution < 1.29 is 13.5 Å². The Morgan fingerprint density at radius 1 is 1.05 bits per heavy atom. The van der Waals surface area contributed by atoms with Gasteiger partial charge in [0.15, 0.2) is 0 Å². The molecule has 2 saturated heterocycles. The van der Waals surface area contributed by atoms with Gasteiger partial charge in [0.25, 0.3) is 0 Å². The number of benzene rings is 2. The van der Waals surface area contributed by atoms with Crippen molar-refractivity contribution in [3.63, 3.8) is 0 Å². The molecule has 2 aliphatic heterocycles. The number of hydrogen-bond acceptors (Lipinski definition) is 6. The molecule has 1 N–H and O–H groups in total. The van der Waals surface area contributed by atoms with Gasteiger partial charge in [0.1, 0.15) is 0 Å². The van der Waals surface area contributed by atoms with Gasteiger partial charge in [-0.05, 0) is 74.0 Å². The molecule has 0 unspecified atom stereocenters. The molecular weight excluding hydrogens is 535 g/mol. The van der Waals surface area contributed by atoms with Crippen molar-refractivity contribution >= 4 is 49.9 Å². The van der Waals surface area contributed by atoms with E-state index in [1.165, 1.54) is 11.0 Å². The standard InChI is InChI=1S/C26H32Cl2N4O4S/c1-17(22-7-5-20(27)12-23(22)28)31-25-13-21(6-8-24(25)32(26(31)34)37(2,35)36)30-15-19(16-30)18-4-3-9-29(14-18)10-11-33/h5-8,12-13,17-19,33H,3-4,9-11,14-16H2,1-2H3/t17-,18+/m1/s1. The van der Waals surface area contributed by atoms with E-state index in [1.54, 1.807) is 24.3 Å². The topological polar surface area (TPSA) is 87.8 Å². The van der Waals surface area contributed by atoms with E-state index in [1.807, 2.05) is 19.1 Å². The van der Waals surface area contributed by atoms with Crippen molar-refractivity contribution in [2.45, 2.75) is 25.8 Å². The second kappa shape index (κ2) is 10.3. The molecule has 0 bridgehead atoms. The molecule has 8 nitrogen and oxygen atoms in total. The van der Waals surface area contributed by atoms with Crippen LogP contribution in [-0.2, 0) is 10.0 Å². The van der Waals surface area contributed by atoms with Crippen LogP contribution in [0, 0.1) is 11.8 Å². The zero-order valence-corrected chi connectivity index (χ0v) is 23.3. The van der Waals surface area contributed by atoms with Crippen LogP contribution in [-0.4, -0.2) is 72.6 Å². The quantitative estimate of drug-likeness (QED) is 0.469. The van der Waals surface area contributed by atoms with Crippen molar-refractivity contribution in [3.8, 4) is 0 Å². The number of aliphatic hydroxyl groups excluding tert-OH is 1. The van der Waals surface area contributed by atoms with E-state index in [4.69, 9.17) is 23.2 Å². The number of halogens is 2. The van der Waals surface area contributed by atoms with Crippen molar-refractivity contribution in [3.05, 3.63) is 62.5 Å². The summed E-state index contributed by atoms with van der Waals surface area (Å²) in [7, 11) is -3.84. The van der Waals surface area contributed by atoms with Gasteiger partial charge in [0, 0.05) is 41.9 Å². The molecule has 200 valence electrons. The van der Waals surface area contributed by atoms with Gasteiger partial charge in [-0.3, -0.25) is 4.57 Å². The Labute approximate surface area is 227 Å². The largest absolute Gasteiger partial charge is 0.395 e. The summed E-state index contributed by atoms with van der Waals surface area (Å²) in [5.74, 6) is 1.18. The molecule has 2 atom stereocenters. The molecule has 2 aromatic carbocycles. The molecule has 0 spiro atoms. The van der Waals surface area contributed by atoms with Crippen LogP contribution < -0.4 is 10.6 Å². The smallest absolute Gasteiger partial charge is 0.343 e. The summed E-state index contributed by atoms with van der Waals surface area (Å²) >= 11 is 12.5. The van der Waals surface area contributed by atoms with Gasteiger partial charge in [-0.25, -0.2) is 13.2 Å². The van der Waals surface area contributed by atoms with Crippen LogP contribution in [0.4, 0.5) is 5.69 Å². The average Bonchev–Trinajstić information content (AvgIpc) is 3.09. The third-order valence-electron chi connectivity index (χ3n) is 7.85. The normalized spacial score (nSPS) is 20.4. The van der Waals surface area contributed by atoms with E-state index in [0.29, 0.717) is 38.5 Å². The van der Waals surface area contributed by atoms with E-state index in [9.17, 15) is 18.3 Å². The monoisotopic (exact) mass is 566 g/mol. The molecule has 5 rings (SSSR count). The van der Waals surface area contributed by atoms with Gasteiger partial charge in [0.05, 0.1) is 29.9 Å². The fraction of sp³-hybridized carbons (Fsp3) is 0.500. The van der Waals surface area contributed by atoms with Crippen LogP contribution >= 0.6 is 23.2 Å². The minimum Gasteiger partial charge on any atom is -0.395 e. The lowest BCUT2D eigenvalue weighted by Crippen LogP contribution is -2.53. The molecule has 0 saturated carbocycles. The van der Waals surface area contributed by atoms with E-state index in [0.717, 1.165) is 55.1 Å². The molecule has 2 aliphatic rings. The van der Waals surface area contributed by atoms with E-state index in [2.05, 4.69) is 9.80 Å². The van der Waals surface area contributed by atoms with Gasteiger partial charge >= 0.3 is 5.69 Å². The zero-order valence-electron chi connectivity index (χ0n) is 21.0. The van der Waals surface area contributed by atoms with E-state index < -0.39 is 21.8 Å². The minimum absolute atomic E-state index is 0.192. The SMILES string of the molecule is C[C@H](c1ccc(Cl)cc1Cl)n1c(=O)n(S(C)(=O)=O)c2ccc(N3CC([C@H]4CCCN(CCO)C4)C3)cc21. The highest BCUT2D eigenvalue weighted by molar-refractivity contribution is 7.89. The summed E-state index contributed by atoms with van der Waals surface area (Å²) in [6, 6.07) is 10.1. The number of imidazole rings is 1. The van der Waals surface area contributed by atoms with Crippen LogP contribution in [0.3, 0.4) is 0 Å². The molecule has 1 aromatic heterocycles. The second-order valence-electron chi connectivity index (χ2n) is 10.3. The summed E-state index contributed by atoms with van der Waals surface area (Å²) in [5, 5.41) is 10.2. The van der Waals surface area contributed by atoms with Gasteiger partial charge in [-0.2, -0.15) is 3.97 Å². The first-order chi connectivity index (χ1) is 17.6. The van der Waals surface area contributed by atoms with Crippen LogP contribution in [0.2, 0.25) is 10.0 Å². The predicted molar refractivity (Wildman–Crippen MR) is 149 cm³/mol. The van der Waals surface area contributed by atoms with Crippen LogP contribution in [0.25, 0.3) is 11.0 Å². The number of piperidine rings is 1. The number of nitrogens with zero attached hydrogens (tertiary/aromatic N) is 4. The Balaban J connectivity index is 1.48. The Bertz CT molecular complexity index is 1480. The molecule has 3 heterocycles. The summed E-state index contributed by atoms with van der Waals surface area (Å²) in [6.45, 7) is 6.66. The Morgan fingerprint density at radius 2 is 1.81 bits per heavy atom. The summed E-state index contributed by atoms with van der Waals surface area (Å²) in [4.78, 5) is 18.1. The summed E-state index contributed by atoms with van der Waals surface area (Å²) < 4.78 is 27.6. The molecule has 11 heteroatoms. The fourth-order valence-electron chi connectivity index (χ4n) is 5.89. The predicted octanol–water partition coefficient (Wildman–Crippen LogP) is 3.67. The number of aromatic nitrogens is 2. The molecule has 0 amide bonds. The third kappa shape index (κ3) is 5.04. The Morgan fingerprint density at radius 3 is 2.49 bits per heavy atom. The molecule has 3 aromatic rings. The number of rotatable bonds is 7. The van der Waals surface area contributed by atoms with Crippen molar-refractivity contribution in [1.82, 2.24) is 13.4 Å². The maximum Gasteiger partial charge on any atom is 0.343 e.